The molecule has 1 aliphatic heterocycles. The maximum Gasteiger partial charge on any atom is 0.141 e. The lowest BCUT2D eigenvalue weighted by atomic mass is 10.0. The van der Waals surface area contributed by atoms with Crippen LogP contribution in [0.2, 0.25) is 0 Å². The van der Waals surface area contributed by atoms with Gasteiger partial charge in [0, 0.05) is 12.7 Å². The van der Waals surface area contributed by atoms with E-state index >= 15 is 0 Å². The molecule has 1 aromatic rings. The van der Waals surface area contributed by atoms with Gasteiger partial charge in [0.1, 0.15) is 11.8 Å². The molecule has 0 bridgehead atoms. The molecule has 3 nitrogen and oxygen atoms in total. The smallest absolute Gasteiger partial charge is 0.141 e. The van der Waals surface area contributed by atoms with Gasteiger partial charge in [0.25, 0.3) is 0 Å². The van der Waals surface area contributed by atoms with E-state index in [0.29, 0.717) is 12.3 Å². The second-order valence-corrected chi connectivity index (χ2v) is 2.89. The maximum atomic E-state index is 7.89. The Morgan fingerprint density at radius 2 is 2.67 bits per heavy atom. The lowest BCUT2D eigenvalue weighted by Crippen LogP contribution is -2.22. The number of ether oxygens (including phenoxy) is 1. The van der Waals surface area contributed by atoms with Crippen LogP contribution in [0, 0.1) is 0 Å². The summed E-state index contributed by atoms with van der Waals surface area (Å²) < 4.78 is 13.3. The van der Waals surface area contributed by atoms with E-state index in [-0.39, 0.29) is 5.92 Å². The van der Waals surface area contributed by atoms with E-state index in [1.54, 1.807) is 19.2 Å². The largest absolute Gasteiger partial charge is 0.488 e. The molecule has 0 aliphatic carbocycles. The Morgan fingerprint density at radius 1 is 1.83 bits per heavy atom. The van der Waals surface area contributed by atoms with Gasteiger partial charge in [0.05, 0.1) is 13.0 Å². The quantitative estimate of drug-likeness (QED) is 0.672. The number of rotatable bonds is 1. The Labute approximate surface area is 73.0 Å². The van der Waals surface area contributed by atoms with Crippen molar-refractivity contribution in [1.82, 2.24) is 4.98 Å². The SMILES string of the molecule is [2H][C@]1(C)Oc2cccnc2[C@@H]1CN. The summed E-state index contributed by atoms with van der Waals surface area (Å²) in [5.41, 5.74) is 6.39. The van der Waals surface area contributed by atoms with Crippen LogP contribution in [0.25, 0.3) is 0 Å². The van der Waals surface area contributed by atoms with E-state index in [0.717, 1.165) is 5.69 Å². The molecule has 0 aromatic carbocycles. The van der Waals surface area contributed by atoms with Gasteiger partial charge in [0.15, 0.2) is 0 Å². The predicted octanol–water partition coefficient (Wildman–Crippen LogP) is 0.905. The van der Waals surface area contributed by atoms with Gasteiger partial charge >= 0.3 is 0 Å². The van der Waals surface area contributed by atoms with Crippen LogP contribution in [0.3, 0.4) is 0 Å². The van der Waals surface area contributed by atoms with E-state index in [1.807, 2.05) is 6.07 Å². The number of fused-ring (bicyclic) bond motifs is 1. The summed E-state index contributed by atoms with van der Waals surface area (Å²) >= 11 is 0. The van der Waals surface area contributed by atoms with Gasteiger partial charge in [-0.05, 0) is 19.1 Å². The summed E-state index contributed by atoms with van der Waals surface area (Å²) in [7, 11) is 0. The molecule has 2 N–H and O–H groups in total. The Bertz CT molecular complexity index is 327. The molecule has 0 fully saturated rings. The molecule has 12 heavy (non-hydrogen) atoms. The van der Waals surface area contributed by atoms with Crippen molar-refractivity contribution in [3.8, 4) is 5.75 Å². The summed E-state index contributed by atoms with van der Waals surface area (Å²) in [5, 5.41) is 0. The highest BCUT2D eigenvalue weighted by atomic mass is 16.5. The molecule has 1 aliphatic rings. The van der Waals surface area contributed by atoms with E-state index in [9.17, 15) is 0 Å². The molecule has 2 atom stereocenters. The van der Waals surface area contributed by atoms with Crippen LogP contribution < -0.4 is 10.5 Å². The second kappa shape index (κ2) is 2.75. The first-order chi connectivity index (χ1) is 6.15. The molecule has 0 spiro atoms. The van der Waals surface area contributed by atoms with Gasteiger partial charge in [0.2, 0.25) is 0 Å². The van der Waals surface area contributed by atoms with Gasteiger partial charge in [-0.1, -0.05) is 0 Å². The van der Waals surface area contributed by atoms with Crippen molar-refractivity contribution in [1.29, 1.82) is 0 Å². The predicted molar refractivity (Wildman–Crippen MR) is 46.1 cm³/mol. The van der Waals surface area contributed by atoms with Crippen LogP contribution >= 0.6 is 0 Å². The van der Waals surface area contributed by atoms with Gasteiger partial charge in [-0.15, -0.1) is 0 Å². The molecule has 3 heteroatoms. The zero-order valence-electron chi connectivity index (χ0n) is 7.95. The van der Waals surface area contributed by atoms with Crippen LogP contribution in [-0.2, 0) is 0 Å². The molecule has 0 amide bonds. The molecule has 0 saturated heterocycles. The molecule has 1 aromatic heterocycles. The van der Waals surface area contributed by atoms with Gasteiger partial charge in [-0.3, -0.25) is 4.98 Å². The standard InChI is InChI=1S/C9H12N2O/c1-6-7(5-10)9-8(12-6)3-2-4-11-9/h2-4,6-7H,5,10H2,1H3/t6-,7-/m1/s1/i6D. The molecule has 0 unspecified atom stereocenters. The van der Waals surface area contributed by atoms with Crippen LogP contribution in [0.1, 0.15) is 19.9 Å². The van der Waals surface area contributed by atoms with Gasteiger partial charge in [-0.2, -0.15) is 0 Å². The molecular weight excluding hydrogens is 152 g/mol. The first-order valence-electron chi connectivity index (χ1n) is 4.49. The van der Waals surface area contributed by atoms with Crippen LogP contribution in [0.4, 0.5) is 0 Å². The number of pyridine rings is 1. The zero-order valence-corrected chi connectivity index (χ0v) is 6.95. The number of nitrogens with two attached hydrogens (primary N) is 1. The zero-order chi connectivity index (χ0) is 9.47. The highest BCUT2D eigenvalue weighted by Gasteiger charge is 2.30. The average molecular weight is 165 g/mol. The number of hydrogen-bond donors (Lipinski definition) is 1. The monoisotopic (exact) mass is 165 g/mol. The molecule has 64 valence electrons. The van der Waals surface area contributed by atoms with Crippen molar-refractivity contribution < 1.29 is 6.11 Å². The van der Waals surface area contributed by atoms with Crippen LogP contribution in [0.15, 0.2) is 18.3 Å². The Hall–Kier alpha value is -1.09. The normalized spacial score (nSPS) is 33.8. The number of nitrogens with zero attached hydrogens (tertiary/aromatic N) is 1. The summed E-state index contributed by atoms with van der Waals surface area (Å²) in [4.78, 5) is 4.18. The Kier molecular flexibility index (Phi) is 1.47. The molecule has 0 saturated carbocycles. The minimum absolute atomic E-state index is 0.122. The van der Waals surface area contributed by atoms with Crippen molar-refractivity contribution in [3.05, 3.63) is 24.0 Å². The highest BCUT2D eigenvalue weighted by molar-refractivity contribution is 5.35. The van der Waals surface area contributed by atoms with Crippen molar-refractivity contribution in [2.75, 3.05) is 6.54 Å². The third-order valence-electron chi connectivity index (χ3n) is 2.13. The second-order valence-electron chi connectivity index (χ2n) is 2.89. The summed E-state index contributed by atoms with van der Waals surface area (Å²) in [6.07, 6.45) is 0.734. The molecule has 2 heterocycles. The average Bonchev–Trinajstić information content (AvgIpc) is 2.33. The third-order valence-corrected chi connectivity index (χ3v) is 2.13. The van der Waals surface area contributed by atoms with E-state index < -0.39 is 6.08 Å². The van der Waals surface area contributed by atoms with Crippen molar-refractivity contribution in [2.24, 2.45) is 5.73 Å². The minimum atomic E-state index is -0.967. The van der Waals surface area contributed by atoms with Crippen LogP contribution in [0.5, 0.6) is 5.75 Å². The fraction of sp³-hybridized carbons (Fsp3) is 0.444. The molecule has 0 radical (unpaired) electrons. The van der Waals surface area contributed by atoms with Crippen molar-refractivity contribution >= 4 is 0 Å². The number of aromatic nitrogens is 1. The van der Waals surface area contributed by atoms with Gasteiger partial charge < -0.3 is 10.5 Å². The minimum Gasteiger partial charge on any atom is -0.488 e. The molecule has 2 rings (SSSR count). The highest BCUT2D eigenvalue weighted by Crippen LogP contribution is 2.35. The summed E-state index contributed by atoms with van der Waals surface area (Å²) in [6, 6.07) is 3.62. The lowest BCUT2D eigenvalue weighted by molar-refractivity contribution is 0.228. The first kappa shape index (κ1) is 6.43. The first-order valence-corrected chi connectivity index (χ1v) is 3.99. The lowest BCUT2D eigenvalue weighted by Gasteiger charge is -2.10. The summed E-state index contributed by atoms with van der Waals surface area (Å²) in [6.45, 7) is 2.11. The van der Waals surface area contributed by atoms with Gasteiger partial charge in [-0.25, -0.2) is 0 Å². The van der Waals surface area contributed by atoms with E-state index in [4.69, 9.17) is 11.8 Å². The van der Waals surface area contributed by atoms with E-state index in [1.165, 1.54) is 0 Å². The fourth-order valence-electron chi connectivity index (χ4n) is 1.47. The van der Waals surface area contributed by atoms with E-state index in [2.05, 4.69) is 4.98 Å². The topological polar surface area (TPSA) is 48.1 Å². The third kappa shape index (κ3) is 0.975. The van der Waals surface area contributed by atoms with Crippen molar-refractivity contribution in [3.63, 3.8) is 0 Å². The fourth-order valence-corrected chi connectivity index (χ4v) is 1.47. The summed E-state index contributed by atoms with van der Waals surface area (Å²) in [5.74, 6) is 0.569. The Morgan fingerprint density at radius 3 is 3.42 bits per heavy atom. The number of hydrogen-bond acceptors (Lipinski definition) is 3. The maximum absolute atomic E-state index is 7.89. The Balaban J connectivity index is 2.46. The van der Waals surface area contributed by atoms with Crippen LogP contribution in [-0.4, -0.2) is 17.6 Å². The molecular formula is C9H12N2O. The van der Waals surface area contributed by atoms with Crippen molar-refractivity contribution in [2.45, 2.75) is 18.9 Å².